The first kappa shape index (κ1) is 18.0. The second-order valence-electron chi connectivity index (χ2n) is 6.28. The summed E-state index contributed by atoms with van der Waals surface area (Å²) in [7, 11) is 1.45. The Labute approximate surface area is 149 Å². The highest BCUT2D eigenvalue weighted by molar-refractivity contribution is 5.99. The van der Waals surface area contributed by atoms with Gasteiger partial charge in [0.1, 0.15) is 11.2 Å². The Hall–Kier alpha value is -2.77. The fourth-order valence-corrected chi connectivity index (χ4v) is 3.29. The van der Waals surface area contributed by atoms with E-state index in [9.17, 15) is 18.4 Å². The van der Waals surface area contributed by atoms with E-state index in [0.717, 1.165) is 15.8 Å². The first-order valence-electron chi connectivity index (χ1n) is 8.24. The average molecular weight is 363 g/mol. The number of carbonyl (C=O) groups is 2. The van der Waals surface area contributed by atoms with Crippen LogP contribution < -0.4 is 5.32 Å². The molecule has 0 fully saturated rings. The Morgan fingerprint density at radius 1 is 1.31 bits per heavy atom. The number of aryl methyl sites for hydroxylation is 1. The van der Waals surface area contributed by atoms with E-state index in [2.05, 4.69) is 10.4 Å². The lowest BCUT2D eigenvalue weighted by atomic mass is 9.95. The second-order valence-corrected chi connectivity index (χ2v) is 6.28. The molecule has 0 bridgehead atoms. The van der Waals surface area contributed by atoms with Crippen molar-refractivity contribution in [1.82, 2.24) is 15.1 Å². The molecular formula is C18H19F2N3O3. The van der Waals surface area contributed by atoms with Crippen LogP contribution in [0.3, 0.4) is 0 Å². The van der Waals surface area contributed by atoms with Crippen molar-refractivity contribution in [1.29, 1.82) is 0 Å². The number of carbonyl (C=O) groups excluding carboxylic acids is 2. The SMILES string of the molecule is CCOC(=O)C1(NC(=O)c2cn(C)nc2C(F)F)Cc2ccccc2C1. The van der Waals surface area contributed by atoms with Crippen molar-refractivity contribution < 1.29 is 23.1 Å². The molecule has 0 saturated carbocycles. The van der Waals surface area contributed by atoms with Crippen molar-refractivity contribution in [2.45, 2.75) is 31.7 Å². The number of nitrogens with one attached hydrogen (secondary N) is 1. The van der Waals surface area contributed by atoms with Gasteiger partial charge >= 0.3 is 5.97 Å². The van der Waals surface area contributed by atoms with Crippen molar-refractivity contribution in [2.24, 2.45) is 7.05 Å². The monoisotopic (exact) mass is 363 g/mol. The van der Waals surface area contributed by atoms with Gasteiger partial charge in [-0.15, -0.1) is 0 Å². The molecule has 0 aliphatic heterocycles. The molecule has 1 aliphatic rings. The Morgan fingerprint density at radius 2 is 1.92 bits per heavy atom. The van der Waals surface area contributed by atoms with E-state index in [4.69, 9.17) is 4.74 Å². The summed E-state index contributed by atoms with van der Waals surface area (Å²) < 4.78 is 32.6. The zero-order valence-corrected chi connectivity index (χ0v) is 14.5. The number of fused-ring (bicyclic) bond motifs is 1. The Bertz CT molecular complexity index is 823. The molecule has 0 radical (unpaired) electrons. The van der Waals surface area contributed by atoms with Gasteiger partial charge in [0.05, 0.1) is 12.2 Å². The highest BCUT2D eigenvalue weighted by atomic mass is 19.3. The maximum atomic E-state index is 13.2. The number of ether oxygens (including phenoxy) is 1. The lowest BCUT2D eigenvalue weighted by Gasteiger charge is -2.27. The number of alkyl halides is 2. The van der Waals surface area contributed by atoms with Crippen LogP contribution in [0.25, 0.3) is 0 Å². The molecule has 0 unspecified atom stereocenters. The molecule has 8 heteroatoms. The van der Waals surface area contributed by atoms with Crippen LogP contribution >= 0.6 is 0 Å². The van der Waals surface area contributed by atoms with E-state index >= 15 is 0 Å². The number of aromatic nitrogens is 2. The molecule has 1 N–H and O–H groups in total. The van der Waals surface area contributed by atoms with Gasteiger partial charge in [0, 0.05) is 26.1 Å². The van der Waals surface area contributed by atoms with Crippen molar-refractivity contribution in [3.8, 4) is 0 Å². The minimum atomic E-state index is -2.89. The average Bonchev–Trinajstić information content (AvgIpc) is 3.16. The van der Waals surface area contributed by atoms with Crippen LogP contribution in [-0.2, 0) is 29.4 Å². The number of amides is 1. The minimum Gasteiger partial charge on any atom is -0.464 e. The number of rotatable bonds is 5. The third-order valence-corrected chi connectivity index (χ3v) is 4.43. The molecular weight excluding hydrogens is 344 g/mol. The molecule has 1 aromatic carbocycles. The fraction of sp³-hybridized carbons (Fsp3) is 0.389. The van der Waals surface area contributed by atoms with Gasteiger partial charge < -0.3 is 10.1 Å². The lowest BCUT2D eigenvalue weighted by molar-refractivity contribution is -0.150. The molecule has 6 nitrogen and oxygen atoms in total. The van der Waals surface area contributed by atoms with Crippen LogP contribution in [-0.4, -0.2) is 33.8 Å². The van der Waals surface area contributed by atoms with Gasteiger partial charge in [-0.2, -0.15) is 5.10 Å². The van der Waals surface area contributed by atoms with Crippen LogP contribution in [0.2, 0.25) is 0 Å². The van der Waals surface area contributed by atoms with Gasteiger partial charge in [0.2, 0.25) is 0 Å². The molecule has 2 aromatic rings. The molecule has 26 heavy (non-hydrogen) atoms. The topological polar surface area (TPSA) is 73.2 Å². The second kappa shape index (κ2) is 6.86. The summed E-state index contributed by atoms with van der Waals surface area (Å²) in [6, 6.07) is 7.43. The first-order valence-corrected chi connectivity index (χ1v) is 8.24. The number of hydrogen-bond donors (Lipinski definition) is 1. The van der Waals surface area contributed by atoms with E-state index in [1.54, 1.807) is 6.92 Å². The van der Waals surface area contributed by atoms with Gasteiger partial charge in [-0.05, 0) is 18.1 Å². The Morgan fingerprint density at radius 3 is 2.46 bits per heavy atom. The Balaban J connectivity index is 1.93. The normalized spacial score (nSPS) is 15.0. The largest absolute Gasteiger partial charge is 0.464 e. The predicted molar refractivity (Wildman–Crippen MR) is 88.8 cm³/mol. The summed E-state index contributed by atoms with van der Waals surface area (Å²) in [6.45, 7) is 1.83. The third kappa shape index (κ3) is 3.18. The van der Waals surface area contributed by atoms with Gasteiger partial charge in [-0.25, -0.2) is 13.6 Å². The summed E-state index contributed by atoms with van der Waals surface area (Å²) in [6.07, 6.45) is -1.18. The van der Waals surface area contributed by atoms with Crippen LogP contribution in [0.15, 0.2) is 30.5 Å². The minimum absolute atomic E-state index is 0.155. The molecule has 0 saturated heterocycles. The summed E-state index contributed by atoms with van der Waals surface area (Å²) in [5.74, 6) is -1.35. The van der Waals surface area contributed by atoms with Crippen molar-refractivity contribution in [3.63, 3.8) is 0 Å². The molecule has 1 heterocycles. The molecule has 1 amide bonds. The third-order valence-electron chi connectivity index (χ3n) is 4.43. The van der Waals surface area contributed by atoms with E-state index in [0.29, 0.717) is 0 Å². The van der Waals surface area contributed by atoms with Crippen LogP contribution in [0.1, 0.15) is 40.5 Å². The number of nitrogens with zero attached hydrogens (tertiary/aromatic N) is 2. The van der Waals surface area contributed by atoms with Crippen LogP contribution in [0.5, 0.6) is 0 Å². The van der Waals surface area contributed by atoms with E-state index < -0.39 is 29.5 Å². The zero-order valence-electron chi connectivity index (χ0n) is 14.5. The highest BCUT2D eigenvalue weighted by Crippen LogP contribution is 2.32. The van der Waals surface area contributed by atoms with Gasteiger partial charge in [-0.1, -0.05) is 24.3 Å². The van der Waals surface area contributed by atoms with E-state index in [1.807, 2.05) is 24.3 Å². The molecule has 3 rings (SSSR count). The quantitative estimate of drug-likeness (QED) is 0.827. The summed E-state index contributed by atoms with van der Waals surface area (Å²) in [5, 5.41) is 6.29. The van der Waals surface area contributed by atoms with Crippen LogP contribution in [0.4, 0.5) is 8.78 Å². The highest BCUT2D eigenvalue weighted by Gasteiger charge is 2.47. The summed E-state index contributed by atoms with van der Waals surface area (Å²) in [5.41, 5.74) is -0.338. The number of halogens is 2. The molecule has 1 aromatic heterocycles. The van der Waals surface area contributed by atoms with Crippen molar-refractivity contribution in [2.75, 3.05) is 6.61 Å². The van der Waals surface area contributed by atoms with Crippen molar-refractivity contribution in [3.05, 3.63) is 52.8 Å². The fourth-order valence-electron chi connectivity index (χ4n) is 3.29. The first-order chi connectivity index (χ1) is 12.4. The zero-order chi connectivity index (χ0) is 18.9. The summed E-state index contributed by atoms with van der Waals surface area (Å²) in [4.78, 5) is 25.3. The van der Waals surface area contributed by atoms with E-state index in [1.165, 1.54) is 13.2 Å². The van der Waals surface area contributed by atoms with Crippen LogP contribution in [0, 0.1) is 0 Å². The summed E-state index contributed by atoms with van der Waals surface area (Å²) >= 11 is 0. The van der Waals surface area contributed by atoms with E-state index in [-0.39, 0.29) is 25.0 Å². The number of hydrogen-bond acceptors (Lipinski definition) is 4. The number of benzene rings is 1. The van der Waals surface area contributed by atoms with Crippen molar-refractivity contribution >= 4 is 11.9 Å². The van der Waals surface area contributed by atoms with Gasteiger partial charge in [0.25, 0.3) is 12.3 Å². The molecule has 0 spiro atoms. The molecule has 138 valence electrons. The number of esters is 1. The smallest absolute Gasteiger partial charge is 0.332 e. The molecule has 0 atom stereocenters. The maximum absolute atomic E-state index is 13.2. The van der Waals surface area contributed by atoms with Gasteiger partial charge in [0.15, 0.2) is 0 Å². The Kier molecular flexibility index (Phi) is 4.76. The lowest BCUT2D eigenvalue weighted by Crippen LogP contribution is -2.56. The van der Waals surface area contributed by atoms with Gasteiger partial charge in [-0.3, -0.25) is 9.48 Å². The molecule has 1 aliphatic carbocycles. The standard InChI is InChI=1S/C18H19F2N3O3/c1-3-26-17(25)18(8-11-6-4-5-7-12(11)9-18)21-16(24)13-10-23(2)22-14(13)15(19)20/h4-7,10,15H,3,8-9H2,1-2H3,(H,21,24). The predicted octanol–water partition coefficient (Wildman–Crippen LogP) is 2.19. The maximum Gasteiger partial charge on any atom is 0.332 e.